The Bertz CT molecular complexity index is 250. The van der Waals surface area contributed by atoms with Crippen LogP contribution in [-0.2, 0) is 13.6 Å². The molecule has 0 saturated heterocycles. The van der Waals surface area contributed by atoms with Gasteiger partial charge >= 0.3 is 0 Å². The van der Waals surface area contributed by atoms with E-state index in [1.807, 2.05) is 29.2 Å². The Morgan fingerprint density at radius 2 is 2.55 bits per heavy atom. The molecule has 1 heterocycles. The average molecular weight is 152 g/mol. The Morgan fingerprint density at radius 3 is 3.00 bits per heavy atom. The topological polar surface area (TPSA) is 47.6 Å². The minimum Gasteiger partial charge on any atom is -0.385 e. The predicted molar refractivity (Wildman–Crippen MR) is 45.7 cm³/mol. The lowest BCUT2D eigenvalue weighted by Crippen LogP contribution is -2.75. The maximum Gasteiger partial charge on any atom is 0.111 e. The summed E-state index contributed by atoms with van der Waals surface area (Å²) in [5.74, 6) is 0.836. The third-order valence-corrected chi connectivity index (χ3v) is 1.71. The third-order valence-electron chi connectivity index (χ3n) is 1.71. The van der Waals surface area contributed by atoms with Crippen molar-refractivity contribution in [1.29, 1.82) is 0 Å². The molecule has 0 spiro atoms. The van der Waals surface area contributed by atoms with Gasteiger partial charge in [-0.3, -0.25) is 0 Å². The minimum absolute atomic E-state index is 0.836. The summed E-state index contributed by atoms with van der Waals surface area (Å²) in [6.45, 7) is 4.48. The molecule has 0 atom stereocenters. The summed E-state index contributed by atoms with van der Waals surface area (Å²) in [6, 6.07) is 2.02. The molecule has 0 unspecified atom stereocenters. The van der Waals surface area contributed by atoms with Crippen LogP contribution in [0.4, 0.5) is 5.82 Å². The van der Waals surface area contributed by atoms with Gasteiger partial charge in [-0.05, 0) is 12.6 Å². The summed E-state index contributed by atoms with van der Waals surface area (Å²) in [5, 5.41) is 1.99. The molecule has 3 nitrogen and oxygen atoms in total. The van der Waals surface area contributed by atoms with Crippen LogP contribution < -0.4 is 11.1 Å². The Kier molecular flexibility index (Phi) is 2.33. The number of nitrogen functional groups attached to an aromatic ring is 1. The van der Waals surface area contributed by atoms with Crippen LogP contribution in [0.2, 0.25) is 0 Å². The van der Waals surface area contributed by atoms with Gasteiger partial charge in [0.15, 0.2) is 0 Å². The van der Waals surface area contributed by atoms with Crippen molar-refractivity contribution in [2.24, 2.45) is 7.05 Å². The zero-order valence-corrected chi connectivity index (χ0v) is 6.75. The summed E-state index contributed by atoms with van der Waals surface area (Å²) >= 11 is 0. The van der Waals surface area contributed by atoms with Crippen molar-refractivity contribution in [2.45, 2.75) is 6.54 Å². The molecule has 0 bridgehead atoms. The lowest BCUT2D eigenvalue weighted by Gasteiger charge is -1.97. The van der Waals surface area contributed by atoms with Crippen molar-refractivity contribution in [3.05, 3.63) is 30.6 Å². The number of nitrogens with two attached hydrogens (primary N) is 2. The van der Waals surface area contributed by atoms with E-state index in [2.05, 4.69) is 6.58 Å². The first-order valence-electron chi connectivity index (χ1n) is 3.59. The van der Waals surface area contributed by atoms with Crippen LogP contribution in [-0.4, -0.2) is 4.57 Å². The van der Waals surface area contributed by atoms with Gasteiger partial charge in [-0.25, -0.2) is 0 Å². The first kappa shape index (κ1) is 7.88. The smallest absolute Gasteiger partial charge is 0.111 e. The molecule has 0 saturated carbocycles. The van der Waals surface area contributed by atoms with Gasteiger partial charge < -0.3 is 15.6 Å². The highest BCUT2D eigenvalue weighted by Crippen LogP contribution is 2.09. The molecular formula is C8H14N3+. The highest BCUT2D eigenvalue weighted by atomic mass is 15.0. The summed E-state index contributed by atoms with van der Waals surface area (Å²) in [6.07, 6.45) is 3.74. The Morgan fingerprint density at radius 1 is 1.82 bits per heavy atom. The molecule has 0 amide bonds. The number of aromatic nitrogens is 1. The second-order valence-corrected chi connectivity index (χ2v) is 2.51. The second-order valence-electron chi connectivity index (χ2n) is 2.51. The van der Waals surface area contributed by atoms with Crippen molar-refractivity contribution >= 4 is 5.82 Å². The standard InChI is InChI=1S/C8H13N3/c1-3-10-6-7-4-5-11(2)8(7)9/h3-5,10H,1,6,9H2,2H3/p+1. The maximum absolute atomic E-state index is 5.75. The summed E-state index contributed by atoms with van der Waals surface area (Å²) in [4.78, 5) is 0. The molecule has 1 rings (SSSR count). The molecule has 1 aromatic rings. The molecule has 60 valence electrons. The zero-order chi connectivity index (χ0) is 8.27. The molecule has 0 radical (unpaired) electrons. The SMILES string of the molecule is C=C[NH2+]Cc1ccn(C)c1N. The molecular weight excluding hydrogens is 138 g/mol. The minimum atomic E-state index is 0.836. The van der Waals surface area contributed by atoms with E-state index in [4.69, 9.17) is 5.73 Å². The van der Waals surface area contributed by atoms with Crippen molar-refractivity contribution in [1.82, 2.24) is 4.57 Å². The van der Waals surface area contributed by atoms with Crippen LogP contribution in [0.3, 0.4) is 0 Å². The quantitative estimate of drug-likeness (QED) is 0.620. The van der Waals surface area contributed by atoms with Crippen LogP contribution in [0.5, 0.6) is 0 Å². The molecule has 4 N–H and O–H groups in total. The van der Waals surface area contributed by atoms with Gasteiger partial charge in [0.25, 0.3) is 0 Å². The number of anilines is 1. The Balaban J connectivity index is 2.70. The number of quaternary nitrogens is 1. The molecule has 0 aliphatic rings. The molecule has 0 fully saturated rings. The van der Waals surface area contributed by atoms with Crippen molar-refractivity contribution in [3.63, 3.8) is 0 Å². The maximum atomic E-state index is 5.75. The fraction of sp³-hybridized carbons (Fsp3) is 0.250. The van der Waals surface area contributed by atoms with Crippen LogP contribution in [0.25, 0.3) is 0 Å². The van der Waals surface area contributed by atoms with E-state index in [0.717, 1.165) is 17.9 Å². The Labute approximate surface area is 66.5 Å². The van der Waals surface area contributed by atoms with E-state index < -0.39 is 0 Å². The van der Waals surface area contributed by atoms with Gasteiger partial charge in [-0.15, -0.1) is 0 Å². The van der Waals surface area contributed by atoms with E-state index in [1.54, 1.807) is 6.20 Å². The van der Waals surface area contributed by atoms with Gasteiger partial charge in [0.1, 0.15) is 12.4 Å². The van der Waals surface area contributed by atoms with Gasteiger partial charge in [-0.2, -0.15) is 0 Å². The number of rotatable bonds is 3. The lowest BCUT2D eigenvalue weighted by molar-refractivity contribution is -0.604. The van der Waals surface area contributed by atoms with Crippen molar-refractivity contribution in [2.75, 3.05) is 5.73 Å². The summed E-state index contributed by atoms with van der Waals surface area (Å²) in [5.41, 5.74) is 6.91. The van der Waals surface area contributed by atoms with Crippen LogP contribution >= 0.6 is 0 Å². The molecule has 11 heavy (non-hydrogen) atoms. The number of hydrogen-bond donors (Lipinski definition) is 2. The number of nitrogens with zero attached hydrogens (tertiary/aromatic N) is 1. The summed E-state index contributed by atoms with van der Waals surface area (Å²) < 4.78 is 1.91. The van der Waals surface area contributed by atoms with Crippen LogP contribution in [0.15, 0.2) is 25.0 Å². The fourth-order valence-corrected chi connectivity index (χ4v) is 0.977. The van der Waals surface area contributed by atoms with E-state index in [1.165, 1.54) is 0 Å². The van der Waals surface area contributed by atoms with Crippen molar-refractivity contribution in [3.8, 4) is 0 Å². The first-order valence-corrected chi connectivity index (χ1v) is 3.59. The fourth-order valence-electron chi connectivity index (χ4n) is 0.977. The number of hydrogen-bond acceptors (Lipinski definition) is 1. The van der Waals surface area contributed by atoms with Crippen LogP contribution in [0, 0.1) is 0 Å². The van der Waals surface area contributed by atoms with Gasteiger partial charge in [-0.1, -0.05) is 0 Å². The van der Waals surface area contributed by atoms with E-state index in [-0.39, 0.29) is 0 Å². The monoisotopic (exact) mass is 152 g/mol. The highest BCUT2D eigenvalue weighted by Gasteiger charge is 2.02. The van der Waals surface area contributed by atoms with Crippen LogP contribution in [0.1, 0.15) is 5.56 Å². The van der Waals surface area contributed by atoms with Gasteiger partial charge in [0.2, 0.25) is 0 Å². The molecule has 0 aliphatic carbocycles. The lowest BCUT2D eigenvalue weighted by atomic mass is 10.3. The first-order chi connectivity index (χ1) is 5.25. The summed E-state index contributed by atoms with van der Waals surface area (Å²) in [7, 11) is 1.94. The van der Waals surface area contributed by atoms with Gasteiger partial charge in [0.05, 0.1) is 6.20 Å². The number of aryl methyl sites for hydroxylation is 1. The molecule has 3 heteroatoms. The third kappa shape index (κ3) is 1.62. The molecule has 1 aromatic heterocycles. The molecule has 0 aliphatic heterocycles. The molecule has 0 aromatic carbocycles. The second kappa shape index (κ2) is 3.25. The van der Waals surface area contributed by atoms with Crippen molar-refractivity contribution < 1.29 is 5.32 Å². The average Bonchev–Trinajstić information content (AvgIpc) is 2.31. The van der Waals surface area contributed by atoms with E-state index in [9.17, 15) is 0 Å². The van der Waals surface area contributed by atoms with E-state index in [0.29, 0.717) is 0 Å². The highest BCUT2D eigenvalue weighted by molar-refractivity contribution is 5.40. The van der Waals surface area contributed by atoms with Gasteiger partial charge in [0, 0.05) is 18.8 Å². The zero-order valence-electron chi connectivity index (χ0n) is 6.75. The van der Waals surface area contributed by atoms with E-state index >= 15 is 0 Å². The Hall–Kier alpha value is -1.22. The normalized spacial score (nSPS) is 9.91. The largest absolute Gasteiger partial charge is 0.385 e. The predicted octanol–water partition coefficient (Wildman–Crippen LogP) is -0.186.